The zero-order valence-corrected chi connectivity index (χ0v) is 10.8. The Balaban J connectivity index is 2.95. The normalized spacial score (nSPS) is 15.7. The van der Waals surface area contributed by atoms with Crippen molar-refractivity contribution >= 4 is 9.84 Å². The van der Waals surface area contributed by atoms with Crippen LogP contribution in [0.3, 0.4) is 0 Å². The Morgan fingerprint density at radius 1 is 1.19 bits per heavy atom. The molecule has 0 saturated carbocycles. The Morgan fingerprint density at radius 3 is 2.25 bits per heavy atom. The van der Waals surface area contributed by atoms with Gasteiger partial charge < -0.3 is 5.32 Å². The van der Waals surface area contributed by atoms with Crippen LogP contribution in [0.15, 0.2) is 35.2 Å². The molecule has 16 heavy (non-hydrogen) atoms. The molecule has 0 heterocycles. The van der Waals surface area contributed by atoms with Crippen molar-refractivity contribution < 1.29 is 8.42 Å². The molecule has 0 aliphatic rings. The summed E-state index contributed by atoms with van der Waals surface area (Å²) in [6.45, 7) is 6.39. The van der Waals surface area contributed by atoms with Crippen molar-refractivity contribution in [3.05, 3.63) is 30.3 Å². The van der Waals surface area contributed by atoms with E-state index in [4.69, 9.17) is 0 Å². The molecule has 2 unspecified atom stereocenters. The molecular formula is C12H19NO2S. The minimum Gasteiger partial charge on any atom is -0.313 e. The Hall–Kier alpha value is -0.870. The van der Waals surface area contributed by atoms with Gasteiger partial charge in [0, 0.05) is 6.04 Å². The second kappa shape index (κ2) is 5.46. The number of sulfone groups is 1. The van der Waals surface area contributed by atoms with Crippen LogP contribution in [0.1, 0.15) is 20.8 Å². The first-order valence-electron chi connectivity index (χ1n) is 5.52. The van der Waals surface area contributed by atoms with Gasteiger partial charge in [0.1, 0.15) is 0 Å². The zero-order valence-electron chi connectivity index (χ0n) is 9.97. The molecular weight excluding hydrogens is 222 g/mol. The minimum atomic E-state index is -3.22. The van der Waals surface area contributed by atoms with Gasteiger partial charge in [-0.15, -0.1) is 0 Å². The van der Waals surface area contributed by atoms with Gasteiger partial charge in [-0.25, -0.2) is 8.42 Å². The van der Waals surface area contributed by atoms with Crippen molar-refractivity contribution in [3.63, 3.8) is 0 Å². The highest BCUT2D eigenvalue weighted by Crippen LogP contribution is 2.17. The van der Waals surface area contributed by atoms with Crippen molar-refractivity contribution in [2.75, 3.05) is 6.54 Å². The van der Waals surface area contributed by atoms with Gasteiger partial charge in [-0.2, -0.15) is 0 Å². The zero-order chi connectivity index (χ0) is 12.2. The van der Waals surface area contributed by atoms with Crippen LogP contribution in [-0.2, 0) is 9.84 Å². The number of nitrogens with one attached hydrogen (secondary N) is 1. The molecule has 0 saturated heterocycles. The van der Waals surface area contributed by atoms with E-state index in [1.54, 1.807) is 31.2 Å². The lowest BCUT2D eigenvalue weighted by Crippen LogP contribution is -2.40. The van der Waals surface area contributed by atoms with E-state index in [-0.39, 0.29) is 6.04 Å². The van der Waals surface area contributed by atoms with E-state index in [1.807, 2.05) is 19.9 Å². The quantitative estimate of drug-likeness (QED) is 0.855. The fourth-order valence-electron chi connectivity index (χ4n) is 1.58. The highest BCUT2D eigenvalue weighted by Gasteiger charge is 2.27. The van der Waals surface area contributed by atoms with Crippen LogP contribution in [0.2, 0.25) is 0 Å². The third-order valence-corrected chi connectivity index (χ3v) is 5.11. The second-order valence-electron chi connectivity index (χ2n) is 3.91. The molecule has 4 heteroatoms. The minimum absolute atomic E-state index is 0.0461. The average molecular weight is 241 g/mol. The highest BCUT2D eigenvalue weighted by atomic mass is 32.2. The van der Waals surface area contributed by atoms with Gasteiger partial charge in [0.25, 0.3) is 0 Å². The Morgan fingerprint density at radius 2 is 1.75 bits per heavy atom. The smallest absolute Gasteiger partial charge is 0.182 e. The van der Waals surface area contributed by atoms with E-state index in [0.29, 0.717) is 4.90 Å². The van der Waals surface area contributed by atoms with Crippen molar-refractivity contribution in [3.8, 4) is 0 Å². The predicted octanol–water partition coefficient (Wildman–Crippen LogP) is 1.85. The summed E-state index contributed by atoms with van der Waals surface area (Å²) in [7, 11) is -3.22. The Bertz CT molecular complexity index is 414. The molecule has 1 aromatic carbocycles. The lowest BCUT2D eigenvalue weighted by molar-refractivity contribution is 0.521. The summed E-state index contributed by atoms with van der Waals surface area (Å²) in [5, 5.41) is 2.72. The maximum absolute atomic E-state index is 12.2. The van der Waals surface area contributed by atoms with Crippen LogP contribution in [-0.4, -0.2) is 26.3 Å². The maximum Gasteiger partial charge on any atom is 0.182 e. The molecule has 1 rings (SSSR count). The predicted molar refractivity (Wildman–Crippen MR) is 66.2 cm³/mol. The van der Waals surface area contributed by atoms with E-state index in [9.17, 15) is 8.42 Å². The van der Waals surface area contributed by atoms with Crippen LogP contribution in [0.4, 0.5) is 0 Å². The fourth-order valence-corrected chi connectivity index (χ4v) is 3.18. The fraction of sp³-hybridized carbons (Fsp3) is 0.500. The third kappa shape index (κ3) is 2.83. The molecule has 0 aliphatic carbocycles. The van der Waals surface area contributed by atoms with Gasteiger partial charge in [-0.1, -0.05) is 25.1 Å². The highest BCUT2D eigenvalue weighted by molar-refractivity contribution is 7.92. The van der Waals surface area contributed by atoms with Gasteiger partial charge in [0.05, 0.1) is 10.1 Å². The summed E-state index contributed by atoms with van der Waals surface area (Å²) in [5.74, 6) is 0. The summed E-state index contributed by atoms with van der Waals surface area (Å²) >= 11 is 0. The molecule has 0 aromatic heterocycles. The molecule has 0 aliphatic heterocycles. The first kappa shape index (κ1) is 13.2. The molecule has 3 nitrogen and oxygen atoms in total. The topological polar surface area (TPSA) is 46.2 Å². The molecule has 0 fully saturated rings. The van der Waals surface area contributed by atoms with E-state index < -0.39 is 15.1 Å². The summed E-state index contributed by atoms with van der Waals surface area (Å²) in [6.07, 6.45) is 0. The number of rotatable bonds is 5. The molecule has 1 aromatic rings. The van der Waals surface area contributed by atoms with Crippen LogP contribution >= 0.6 is 0 Å². The largest absolute Gasteiger partial charge is 0.313 e. The maximum atomic E-state index is 12.2. The van der Waals surface area contributed by atoms with Crippen LogP contribution in [0, 0.1) is 0 Å². The molecule has 90 valence electrons. The summed E-state index contributed by atoms with van der Waals surface area (Å²) in [4.78, 5) is 0.396. The Labute approximate surface area is 97.8 Å². The second-order valence-corrected chi connectivity index (χ2v) is 6.21. The molecule has 0 spiro atoms. The number of hydrogen-bond donors (Lipinski definition) is 1. The van der Waals surface area contributed by atoms with Gasteiger partial charge in [0.2, 0.25) is 0 Å². The van der Waals surface area contributed by atoms with Crippen LogP contribution < -0.4 is 5.32 Å². The summed E-state index contributed by atoms with van der Waals surface area (Å²) < 4.78 is 24.4. The monoisotopic (exact) mass is 241 g/mol. The molecule has 0 radical (unpaired) electrons. The standard InChI is InChI=1S/C12H19NO2S/c1-4-13-10(2)11(3)16(14,15)12-8-6-5-7-9-12/h5-11,13H,4H2,1-3H3. The van der Waals surface area contributed by atoms with Crippen molar-refractivity contribution in [2.45, 2.75) is 37.0 Å². The third-order valence-electron chi connectivity index (χ3n) is 2.79. The van der Waals surface area contributed by atoms with Crippen molar-refractivity contribution in [1.29, 1.82) is 0 Å². The first-order valence-corrected chi connectivity index (χ1v) is 7.07. The molecule has 0 amide bonds. The van der Waals surface area contributed by atoms with E-state index >= 15 is 0 Å². The Kier molecular flexibility index (Phi) is 4.50. The van der Waals surface area contributed by atoms with E-state index in [1.165, 1.54) is 0 Å². The van der Waals surface area contributed by atoms with Crippen LogP contribution in [0.5, 0.6) is 0 Å². The van der Waals surface area contributed by atoms with E-state index in [2.05, 4.69) is 5.32 Å². The van der Waals surface area contributed by atoms with Crippen LogP contribution in [0.25, 0.3) is 0 Å². The van der Waals surface area contributed by atoms with Crippen molar-refractivity contribution in [1.82, 2.24) is 5.32 Å². The summed E-state index contributed by atoms with van der Waals surface area (Å²) in [6, 6.07) is 8.55. The molecule has 0 bridgehead atoms. The number of benzene rings is 1. The lowest BCUT2D eigenvalue weighted by Gasteiger charge is -2.20. The first-order chi connectivity index (χ1) is 7.50. The SMILES string of the molecule is CCNC(C)C(C)S(=O)(=O)c1ccccc1. The van der Waals surface area contributed by atoms with Gasteiger partial charge in [0.15, 0.2) is 9.84 Å². The molecule has 2 atom stereocenters. The van der Waals surface area contributed by atoms with Gasteiger partial charge in [-0.05, 0) is 32.5 Å². The van der Waals surface area contributed by atoms with Gasteiger partial charge in [-0.3, -0.25) is 0 Å². The number of hydrogen-bond acceptors (Lipinski definition) is 3. The molecule has 1 N–H and O–H groups in total. The van der Waals surface area contributed by atoms with Crippen molar-refractivity contribution in [2.24, 2.45) is 0 Å². The lowest BCUT2D eigenvalue weighted by atomic mass is 10.2. The van der Waals surface area contributed by atoms with E-state index in [0.717, 1.165) is 6.54 Å². The summed E-state index contributed by atoms with van der Waals surface area (Å²) in [5.41, 5.74) is 0. The van der Waals surface area contributed by atoms with Gasteiger partial charge >= 0.3 is 0 Å². The average Bonchev–Trinajstić information content (AvgIpc) is 2.29.